The van der Waals surface area contributed by atoms with Crippen LogP contribution in [0, 0.1) is 11.8 Å². The average Bonchev–Trinajstić information content (AvgIpc) is 3.10. The van der Waals surface area contributed by atoms with E-state index in [1.807, 2.05) is 36.4 Å². The van der Waals surface area contributed by atoms with Crippen molar-refractivity contribution < 1.29 is 32.6 Å². The number of nitrogens with one attached hydrogen (secondary N) is 2. The standard InChI is InChI=1S/C24H24F3N4.Ru/c25-24(26,27)17-31-20(8-5-13-29-18-6-2-1-3-7-18)16-21-22(9-4-10-23(21)31)30-19-11-14-28-15-12-19;/h1-4,6-7,9-10,16,19,29-30H,11-15,17H2;/q-1;+1. The maximum Gasteiger partial charge on any atom is 1.00 e. The van der Waals surface area contributed by atoms with E-state index in [1.54, 1.807) is 18.2 Å². The van der Waals surface area contributed by atoms with Gasteiger partial charge in [0.15, 0.2) is 0 Å². The molecule has 3 aromatic rings. The van der Waals surface area contributed by atoms with Crippen LogP contribution >= 0.6 is 0 Å². The van der Waals surface area contributed by atoms with Crippen LogP contribution in [0.25, 0.3) is 16.2 Å². The molecule has 1 aliphatic heterocycles. The molecular weight excluding hydrogens is 502 g/mol. The number of anilines is 2. The number of aromatic nitrogens is 1. The van der Waals surface area contributed by atoms with Crippen LogP contribution in [0.15, 0.2) is 54.6 Å². The molecule has 8 heteroatoms. The van der Waals surface area contributed by atoms with Gasteiger partial charge in [0, 0.05) is 22.8 Å². The van der Waals surface area contributed by atoms with Gasteiger partial charge < -0.3 is 20.5 Å². The molecule has 4 rings (SSSR count). The number of alkyl halides is 3. The second-order valence-corrected chi connectivity index (χ2v) is 7.58. The minimum Gasteiger partial charge on any atom is -0.662 e. The van der Waals surface area contributed by atoms with E-state index >= 15 is 0 Å². The molecule has 1 aromatic heterocycles. The molecule has 1 fully saturated rings. The minimum atomic E-state index is -4.33. The fourth-order valence-electron chi connectivity index (χ4n) is 3.82. The zero-order valence-electron chi connectivity index (χ0n) is 17.4. The minimum absolute atomic E-state index is 0. The molecule has 0 atom stereocenters. The number of halogens is 3. The monoisotopic (exact) mass is 527 g/mol. The number of hydrogen-bond acceptors (Lipinski definition) is 2. The van der Waals surface area contributed by atoms with Crippen molar-refractivity contribution in [2.24, 2.45) is 0 Å². The van der Waals surface area contributed by atoms with Gasteiger partial charge >= 0.3 is 25.7 Å². The first kappa shape index (κ1) is 24.2. The number of hydrogen-bond donors (Lipinski definition) is 2. The molecule has 4 nitrogen and oxygen atoms in total. The maximum absolute atomic E-state index is 13.3. The predicted molar refractivity (Wildman–Crippen MR) is 120 cm³/mol. The number of benzene rings is 2. The van der Waals surface area contributed by atoms with Gasteiger partial charge in [-0.05, 0) is 36.3 Å². The summed E-state index contributed by atoms with van der Waals surface area (Å²) in [6, 6.07) is 17.0. The van der Waals surface area contributed by atoms with E-state index in [0.717, 1.165) is 42.7 Å². The zero-order chi connectivity index (χ0) is 21.7. The molecular formula is C24H24F3N4Ru. The van der Waals surface area contributed by atoms with Gasteiger partial charge in [0.25, 0.3) is 0 Å². The summed E-state index contributed by atoms with van der Waals surface area (Å²) in [5, 5.41) is 11.8. The van der Waals surface area contributed by atoms with Crippen LogP contribution in [0.2, 0.25) is 0 Å². The van der Waals surface area contributed by atoms with Gasteiger partial charge in [-0.25, -0.2) is 0 Å². The molecule has 0 bridgehead atoms. The van der Waals surface area contributed by atoms with Gasteiger partial charge in [-0.15, -0.1) is 13.1 Å². The number of piperidine rings is 1. The Morgan fingerprint density at radius 2 is 1.78 bits per heavy atom. The van der Waals surface area contributed by atoms with E-state index in [1.165, 1.54) is 4.57 Å². The maximum atomic E-state index is 13.3. The molecule has 1 radical (unpaired) electrons. The quantitative estimate of drug-likeness (QED) is 0.335. The summed E-state index contributed by atoms with van der Waals surface area (Å²) in [7, 11) is 0. The van der Waals surface area contributed by atoms with Crippen molar-refractivity contribution in [3.63, 3.8) is 0 Å². The summed E-state index contributed by atoms with van der Waals surface area (Å²) in [6.45, 7) is 0.897. The van der Waals surface area contributed by atoms with E-state index in [4.69, 9.17) is 0 Å². The Labute approximate surface area is 198 Å². The van der Waals surface area contributed by atoms with Crippen LogP contribution in [0.5, 0.6) is 0 Å². The second-order valence-electron chi connectivity index (χ2n) is 7.58. The summed E-state index contributed by atoms with van der Waals surface area (Å²) in [5.41, 5.74) is 2.65. The fraction of sp³-hybridized carbons (Fsp3) is 0.333. The number of nitrogens with zero attached hydrogens (tertiary/aromatic N) is 2. The molecule has 169 valence electrons. The van der Waals surface area contributed by atoms with Gasteiger partial charge in [0.2, 0.25) is 0 Å². The molecule has 32 heavy (non-hydrogen) atoms. The van der Waals surface area contributed by atoms with Crippen LogP contribution in [-0.4, -0.2) is 36.4 Å². The molecule has 0 saturated carbocycles. The van der Waals surface area contributed by atoms with Gasteiger partial charge in [0.1, 0.15) is 6.54 Å². The van der Waals surface area contributed by atoms with Gasteiger partial charge in [-0.1, -0.05) is 43.0 Å². The third-order valence-electron chi connectivity index (χ3n) is 5.29. The number of para-hydroxylation sites is 1. The van der Waals surface area contributed by atoms with Gasteiger partial charge in [0.05, 0.1) is 17.8 Å². The zero-order valence-corrected chi connectivity index (χ0v) is 19.1. The fourth-order valence-corrected chi connectivity index (χ4v) is 3.82. The summed E-state index contributed by atoms with van der Waals surface area (Å²) < 4.78 is 41.2. The molecule has 0 amide bonds. The largest absolute Gasteiger partial charge is 1.00 e. The van der Waals surface area contributed by atoms with Crippen molar-refractivity contribution in [1.29, 1.82) is 0 Å². The van der Waals surface area contributed by atoms with E-state index in [2.05, 4.69) is 27.8 Å². The summed E-state index contributed by atoms with van der Waals surface area (Å²) in [4.78, 5) is 0. The first-order valence-corrected chi connectivity index (χ1v) is 10.4. The Hall–Kier alpha value is -2.49. The Morgan fingerprint density at radius 3 is 2.50 bits per heavy atom. The molecule has 2 heterocycles. The van der Waals surface area contributed by atoms with Crippen LogP contribution in [0.3, 0.4) is 0 Å². The molecule has 2 aromatic carbocycles. The van der Waals surface area contributed by atoms with Crippen LogP contribution in [0.1, 0.15) is 18.5 Å². The van der Waals surface area contributed by atoms with E-state index in [0.29, 0.717) is 17.8 Å². The van der Waals surface area contributed by atoms with E-state index < -0.39 is 12.7 Å². The Bertz CT molecular complexity index is 1080. The van der Waals surface area contributed by atoms with E-state index in [9.17, 15) is 13.2 Å². The first-order valence-electron chi connectivity index (χ1n) is 10.4. The van der Waals surface area contributed by atoms with Crippen molar-refractivity contribution in [1.82, 2.24) is 4.57 Å². The number of fused-ring (bicyclic) bond motifs is 1. The second kappa shape index (κ2) is 10.9. The molecule has 0 unspecified atom stereocenters. The topological polar surface area (TPSA) is 43.1 Å². The van der Waals surface area contributed by atoms with Crippen molar-refractivity contribution in [2.45, 2.75) is 31.6 Å². The van der Waals surface area contributed by atoms with E-state index in [-0.39, 0.29) is 25.5 Å². The molecule has 2 N–H and O–H groups in total. The first-order chi connectivity index (χ1) is 15.0. The summed E-state index contributed by atoms with van der Waals surface area (Å²) in [6.07, 6.45) is -2.48. The molecule has 0 aliphatic carbocycles. The Morgan fingerprint density at radius 1 is 1.03 bits per heavy atom. The van der Waals surface area contributed by atoms with Crippen LogP contribution < -0.4 is 10.6 Å². The summed E-state index contributed by atoms with van der Waals surface area (Å²) >= 11 is 0. The normalized spacial score (nSPS) is 14.3. The van der Waals surface area contributed by atoms with Crippen molar-refractivity contribution in [3.05, 3.63) is 65.6 Å². The SMILES string of the molecule is FC(F)(F)Cn1c(C#CCNc2ccccc2)cc2c(NC3CC[N-]CC3)cccc21.[Ru+]. The summed E-state index contributed by atoms with van der Waals surface area (Å²) in [5.74, 6) is 5.89. The smallest absolute Gasteiger partial charge is 0.662 e. The Balaban J connectivity index is 0.00000289. The van der Waals surface area contributed by atoms with Crippen LogP contribution in [0.4, 0.5) is 24.5 Å². The van der Waals surface area contributed by atoms with Crippen molar-refractivity contribution in [2.75, 3.05) is 30.3 Å². The molecule has 0 spiro atoms. The number of rotatable bonds is 5. The Kier molecular flexibility index (Phi) is 8.22. The van der Waals surface area contributed by atoms with Crippen molar-refractivity contribution in [3.8, 4) is 11.8 Å². The third kappa shape index (κ3) is 6.28. The average molecular weight is 527 g/mol. The van der Waals surface area contributed by atoms with Crippen molar-refractivity contribution >= 4 is 22.3 Å². The molecule has 1 aliphatic rings. The predicted octanol–water partition coefficient (Wildman–Crippen LogP) is 5.61. The van der Waals surface area contributed by atoms with Gasteiger partial charge in [-0.3, -0.25) is 0 Å². The molecule has 1 saturated heterocycles. The van der Waals surface area contributed by atoms with Gasteiger partial charge in [-0.2, -0.15) is 13.2 Å². The van der Waals surface area contributed by atoms with Crippen LogP contribution in [-0.2, 0) is 26.0 Å². The third-order valence-corrected chi connectivity index (χ3v) is 5.29.